The first kappa shape index (κ1) is 14.8. The molecule has 0 spiro atoms. The van der Waals surface area contributed by atoms with Crippen molar-refractivity contribution in [2.45, 2.75) is 32.9 Å². The largest absolute Gasteiger partial charge is 0.366 e. The van der Waals surface area contributed by atoms with Gasteiger partial charge in [0.2, 0.25) is 5.91 Å². The molecule has 1 aromatic carbocycles. The second-order valence-electron chi connectivity index (χ2n) is 5.06. The first-order valence-corrected chi connectivity index (χ1v) is 7.53. The average Bonchev–Trinajstić information content (AvgIpc) is 2.82. The minimum absolute atomic E-state index is 0.383. The highest BCUT2D eigenvalue weighted by Crippen LogP contribution is 2.16. The molecule has 1 unspecified atom stereocenters. The van der Waals surface area contributed by atoms with Gasteiger partial charge in [-0.2, -0.15) is 0 Å². The number of amides is 1. The van der Waals surface area contributed by atoms with Crippen molar-refractivity contribution in [1.82, 2.24) is 5.32 Å². The molecule has 0 aliphatic rings. The Hall–Kier alpha value is -1.65. The zero-order valence-electron chi connectivity index (χ0n) is 11.8. The van der Waals surface area contributed by atoms with Crippen molar-refractivity contribution in [2.24, 2.45) is 5.73 Å². The third-order valence-electron chi connectivity index (χ3n) is 3.20. The molecule has 20 heavy (non-hydrogen) atoms. The van der Waals surface area contributed by atoms with E-state index in [1.54, 1.807) is 12.1 Å². The number of aryl methyl sites for hydroxylation is 1. The van der Waals surface area contributed by atoms with Gasteiger partial charge in [-0.25, -0.2) is 0 Å². The van der Waals surface area contributed by atoms with Crippen LogP contribution in [0.15, 0.2) is 36.4 Å². The smallest absolute Gasteiger partial charge is 0.248 e. The van der Waals surface area contributed by atoms with Crippen LogP contribution in [0, 0.1) is 6.92 Å². The topological polar surface area (TPSA) is 55.1 Å². The van der Waals surface area contributed by atoms with Gasteiger partial charge in [0.25, 0.3) is 0 Å². The molecule has 0 aliphatic heterocycles. The van der Waals surface area contributed by atoms with Crippen LogP contribution in [0.3, 0.4) is 0 Å². The molecule has 1 amide bonds. The molecule has 0 fully saturated rings. The van der Waals surface area contributed by atoms with Crippen LogP contribution in [-0.4, -0.2) is 11.9 Å². The number of rotatable bonds is 6. The molecular formula is C16H20N2OS. The second kappa shape index (κ2) is 6.68. The highest BCUT2D eigenvalue weighted by molar-refractivity contribution is 7.11. The highest BCUT2D eigenvalue weighted by Gasteiger charge is 2.05. The Morgan fingerprint density at radius 1 is 1.25 bits per heavy atom. The Morgan fingerprint density at radius 3 is 2.50 bits per heavy atom. The van der Waals surface area contributed by atoms with Crippen LogP contribution < -0.4 is 11.1 Å². The minimum atomic E-state index is -0.383. The molecule has 0 aliphatic carbocycles. The Morgan fingerprint density at radius 2 is 1.95 bits per heavy atom. The molecule has 4 heteroatoms. The van der Waals surface area contributed by atoms with E-state index >= 15 is 0 Å². The van der Waals surface area contributed by atoms with Gasteiger partial charge < -0.3 is 11.1 Å². The molecular weight excluding hydrogens is 268 g/mol. The number of carbonyl (C=O) groups excluding carboxylic acids is 1. The van der Waals surface area contributed by atoms with Crippen LogP contribution in [0.25, 0.3) is 0 Å². The zero-order chi connectivity index (χ0) is 14.5. The van der Waals surface area contributed by atoms with Crippen molar-refractivity contribution in [3.63, 3.8) is 0 Å². The Labute approximate surface area is 123 Å². The lowest BCUT2D eigenvalue weighted by atomic mass is 10.1. The van der Waals surface area contributed by atoms with Crippen molar-refractivity contribution in [1.29, 1.82) is 0 Å². The van der Waals surface area contributed by atoms with Crippen LogP contribution in [0.4, 0.5) is 0 Å². The highest BCUT2D eigenvalue weighted by atomic mass is 32.1. The molecule has 2 aromatic rings. The molecule has 0 saturated heterocycles. The summed E-state index contributed by atoms with van der Waals surface area (Å²) in [5, 5.41) is 3.50. The van der Waals surface area contributed by atoms with Crippen LogP contribution in [0.2, 0.25) is 0 Å². The molecule has 3 nitrogen and oxygen atoms in total. The molecule has 2 rings (SSSR count). The van der Waals surface area contributed by atoms with E-state index in [2.05, 4.69) is 31.3 Å². The predicted octanol–water partition coefficient (Wildman–Crippen LogP) is 2.88. The molecule has 1 heterocycles. The minimum Gasteiger partial charge on any atom is -0.366 e. The van der Waals surface area contributed by atoms with Crippen LogP contribution >= 0.6 is 11.3 Å². The first-order chi connectivity index (χ1) is 9.54. The number of nitrogens with one attached hydrogen (secondary N) is 1. The predicted molar refractivity (Wildman–Crippen MR) is 84.0 cm³/mol. The fourth-order valence-electron chi connectivity index (χ4n) is 2.05. The maximum atomic E-state index is 11.0. The van der Waals surface area contributed by atoms with Crippen molar-refractivity contribution >= 4 is 17.2 Å². The zero-order valence-corrected chi connectivity index (χ0v) is 12.7. The molecule has 1 atom stereocenters. The molecule has 106 valence electrons. The van der Waals surface area contributed by atoms with E-state index in [9.17, 15) is 4.79 Å². The van der Waals surface area contributed by atoms with Gasteiger partial charge >= 0.3 is 0 Å². The van der Waals surface area contributed by atoms with Gasteiger partial charge in [-0.05, 0) is 50.1 Å². The first-order valence-electron chi connectivity index (χ1n) is 6.72. The van der Waals surface area contributed by atoms with Crippen molar-refractivity contribution < 1.29 is 4.79 Å². The maximum Gasteiger partial charge on any atom is 0.248 e. The maximum absolute atomic E-state index is 11.0. The molecule has 0 radical (unpaired) electrons. The number of nitrogens with two attached hydrogens (primary N) is 1. The van der Waals surface area contributed by atoms with Gasteiger partial charge in [0, 0.05) is 27.9 Å². The number of hydrogen-bond donors (Lipinski definition) is 2. The Bertz CT molecular complexity index is 574. The van der Waals surface area contributed by atoms with Gasteiger partial charge in [-0.1, -0.05) is 12.1 Å². The van der Waals surface area contributed by atoms with E-state index in [0.29, 0.717) is 11.6 Å². The van der Waals surface area contributed by atoms with E-state index < -0.39 is 0 Å². The van der Waals surface area contributed by atoms with E-state index in [1.165, 1.54) is 9.75 Å². The fraction of sp³-hybridized carbons (Fsp3) is 0.312. The average molecular weight is 288 g/mol. The summed E-state index contributed by atoms with van der Waals surface area (Å²) in [6.45, 7) is 5.12. The normalized spacial score (nSPS) is 12.3. The van der Waals surface area contributed by atoms with Crippen LogP contribution in [-0.2, 0) is 13.0 Å². The van der Waals surface area contributed by atoms with E-state index in [1.807, 2.05) is 23.5 Å². The lowest BCUT2D eigenvalue weighted by molar-refractivity contribution is 0.100. The summed E-state index contributed by atoms with van der Waals surface area (Å²) in [6, 6.07) is 12.2. The third-order valence-corrected chi connectivity index (χ3v) is 4.22. The fourth-order valence-corrected chi connectivity index (χ4v) is 3.07. The summed E-state index contributed by atoms with van der Waals surface area (Å²) in [5.41, 5.74) is 6.93. The Kier molecular flexibility index (Phi) is 4.93. The number of hydrogen-bond acceptors (Lipinski definition) is 3. The van der Waals surface area contributed by atoms with Gasteiger partial charge in [-0.15, -0.1) is 11.3 Å². The second-order valence-corrected chi connectivity index (χ2v) is 6.43. The summed E-state index contributed by atoms with van der Waals surface area (Å²) in [4.78, 5) is 13.8. The van der Waals surface area contributed by atoms with Gasteiger partial charge in [0.05, 0.1) is 0 Å². The Balaban J connectivity index is 1.83. The van der Waals surface area contributed by atoms with Gasteiger partial charge in [0.1, 0.15) is 0 Å². The number of benzene rings is 1. The monoisotopic (exact) mass is 288 g/mol. The van der Waals surface area contributed by atoms with E-state index in [0.717, 1.165) is 18.5 Å². The summed E-state index contributed by atoms with van der Waals surface area (Å²) < 4.78 is 0. The summed E-state index contributed by atoms with van der Waals surface area (Å²) in [6.07, 6.45) is 1.04. The number of primary amides is 1. The standard InChI is InChI=1S/C16H20N2OS/c1-11(9-15-8-3-12(2)20-15)18-10-13-4-6-14(7-5-13)16(17)19/h3-8,11,18H,9-10H2,1-2H3,(H2,17,19). The summed E-state index contributed by atoms with van der Waals surface area (Å²) >= 11 is 1.85. The van der Waals surface area contributed by atoms with Crippen LogP contribution in [0.1, 0.15) is 32.6 Å². The quantitative estimate of drug-likeness (QED) is 0.858. The lowest BCUT2D eigenvalue weighted by Gasteiger charge is -2.13. The number of thiophene rings is 1. The molecule has 0 saturated carbocycles. The lowest BCUT2D eigenvalue weighted by Crippen LogP contribution is -2.27. The molecule has 1 aromatic heterocycles. The van der Waals surface area contributed by atoms with Gasteiger partial charge in [-0.3, -0.25) is 4.79 Å². The molecule has 3 N–H and O–H groups in total. The third kappa shape index (κ3) is 4.18. The van der Waals surface area contributed by atoms with Crippen molar-refractivity contribution in [3.8, 4) is 0 Å². The molecule has 0 bridgehead atoms. The summed E-state index contributed by atoms with van der Waals surface area (Å²) in [5.74, 6) is -0.383. The van der Waals surface area contributed by atoms with Gasteiger partial charge in [0.15, 0.2) is 0 Å². The SMILES string of the molecule is Cc1ccc(CC(C)NCc2ccc(C(N)=O)cc2)s1. The van der Waals surface area contributed by atoms with Crippen LogP contribution in [0.5, 0.6) is 0 Å². The van der Waals surface area contributed by atoms with Crippen molar-refractivity contribution in [2.75, 3.05) is 0 Å². The van der Waals surface area contributed by atoms with E-state index in [-0.39, 0.29) is 5.91 Å². The number of carbonyl (C=O) groups is 1. The summed E-state index contributed by atoms with van der Waals surface area (Å²) in [7, 11) is 0. The van der Waals surface area contributed by atoms with Crippen molar-refractivity contribution in [3.05, 3.63) is 57.3 Å². The van der Waals surface area contributed by atoms with E-state index in [4.69, 9.17) is 5.73 Å².